The van der Waals surface area contributed by atoms with Crippen LogP contribution in [0.1, 0.15) is 0 Å². The van der Waals surface area contributed by atoms with E-state index in [2.05, 4.69) is 228 Å². The Balaban J connectivity index is 1.01. The molecule has 0 radical (unpaired) electrons. The first kappa shape index (κ1) is 38.1. The number of aromatic nitrogens is 6. The molecule has 6 nitrogen and oxygen atoms in total. The smallest absolute Gasteiger partial charge is 0.235 e. The molecular formula is C62H38N6. The van der Waals surface area contributed by atoms with Crippen molar-refractivity contribution in [1.29, 1.82) is 0 Å². The molecule has 0 unspecified atom stereocenters. The minimum Gasteiger partial charge on any atom is -0.309 e. The Morgan fingerprint density at radius 3 is 1.21 bits per heavy atom. The van der Waals surface area contributed by atoms with Gasteiger partial charge in [0.1, 0.15) is 0 Å². The lowest BCUT2D eigenvalue weighted by Gasteiger charge is -2.15. The maximum atomic E-state index is 5.62. The van der Waals surface area contributed by atoms with Gasteiger partial charge < -0.3 is 4.57 Å². The first-order valence-electron chi connectivity index (χ1n) is 23.0. The molecule has 0 aliphatic rings. The molecule has 0 aliphatic carbocycles. The molecule has 6 heteroatoms. The number of hydrogen-bond acceptors (Lipinski definition) is 4. The van der Waals surface area contributed by atoms with E-state index in [1.165, 1.54) is 10.8 Å². The molecule has 0 saturated heterocycles. The normalized spacial score (nSPS) is 11.8. The number of nitrogens with zero attached hydrogens (tertiary/aromatic N) is 6. The number of hydrogen-bond donors (Lipinski definition) is 0. The zero-order valence-electron chi connectivity index (χ0n) is 36.6. The quantitative estimate of drug-likeness (QED) is 0.156. The molecule has 316 valence electrons. The van der Waals surface area contributed by atoms with Crippen molar-refractivity contribution in [2.24, 2.45) is 0 Å². The summed E-state index contributed by atoms with van der Waals surface area (Å²) >= 11 is 0. The lowest BCUT2D eigenvalue weighted by atomic mass is 9.97. The van der Waals surface area contributed by atoms with E-state index in [1.807, 2.05) is 12.1 Å². The van der Waals surface area contributed by atoms with Crippen LogP contribution in [0.25, 0.3) is 133 Å². The van der Waals surface area contributed by atoms with Gasteiger partial charge in [-0.25, -0.2) is 19.9 Å². The third-order valence-corrected chi connectivity index (χ3v) is 13.5. The van der Waals surface area contributed by atoms with E-state index >= 15 is 0 Å². The third kappa shape index (κ3) is 5.91. The Morgan fingerprint density at radius 1 is 0.250 bits per heavy atom. The van der Waals surface area contributed by atoms with Gasteiger partial charge in [-0.15, -0.1) is 0 Å². The zero-order chi connectivity index (χ0) is 44.7. The molecule has 4 heterocycles. The Morgan fingerprint density at radius 2 is 0.662 bits per heavy atom. The summed E-state index contributed by atoms with van der Waals surface area (Å²) in [5, 5.41) is 9.07. The van der Waals surface area contributed by atoms with Crippen molar-refractivity contribution in [3.8, 4) is 56.7 Å². The number of rotatable bonds is 6. The van der Waals surface area contributed by atoms with Crippen LogP contribution in [0.2, 0.25) is 0 Å². The predicted molar refractivity (Wildman–Crippen MR) is 281 cm³/mol. The highest BCUT2D eigenvalue weighted by Gasteiger charge is 2.23. The highest BCUT2D eigenvalue weighted by molar-refractivity contribution is 6.24. The largest absolute Gasteiger partial charge is 0.309 e. The van der Waals surface area contributed by atoms with E-state index in [9.17, 15) is 0 Å². The average Bonchev–Trinajstić information content (AvgIpc) is 3.92. The Kier molecular flexibility index (Phi) is 8.48. The maximum absolute atomic E-state index is 5.62. The van der Waals surface area contributed by atoms with E-state index in [1.54, 1.807) is 0 Å². The SMILES string of the molecule is c1ccc(-c2cc(-c3ccccc3)nc(-n3c4ccccc4c4cc5c(cc43)c3ccccc3n5-c3cccc(-c4nc5c6ccccc6c6ccccc6c5nc4-c4ccccc4)c3)n2)cc1. The van der Waals surface area contributed by atoms with Gasteiger partial charge in [0.15, 0.2) is 0 Å². The van der Waals surface area contributed by atoms with Crippen LogP contribution in [0, 0.1) is 0 Å². The zero-order valence-corrected chi connectivity index (χ0v) is 36.6. The minimum atomic E-state index is 0.624. The summed E-state index contributed by atoms with van der Waals surface area (Å²) in [6.45, 7) is 0. The predicted octanol–water partition coefficient (Wildman–Crippen LogP) is 15.6. The summed E-state index contributed by atoms with van der Waals surface area (Å²) < 4.78 is 4.64. The average molecular weight is 867 g/mol. The second kappa shape index (κ2) is 15.2. The monoisotopic (exact) mass is 866 g/mol. The van der Waals surface area contributed by atoms with E-state index in [0.717, 1.165) is 116 Å². The summed E-state index contributed by atoms with van der Waals surface area (Å²) in [5.74, 6) is 0.624. The fraction of sp³-hybridized carbons (Fsp3) is 0. The Hall–Kier alpha value is -9.26. The summed E-state index contributed by atoms with van der Waals surface area (Å²) in [4.78, 5) is 21.8. The van der Waals surface area contributed by atoms with E-state index in [4.69, 9.17) is 19.9 Å². The molecule has 68 heavy (non-hydrogen) atoms. The fourth-order valence-corrected chi connectivity index (χ4v) is 10.4. The van der Waals surface area contributed by atoms with Gasteiger partial charge in [0, 0.05) is 60.3 Å². The molecule has 0 saturated carbocycles. The van der Waals surface area contributed by atoms with Crippen LogP contribution < -0.4 is 0 Å². The van der Waals surface area contributed by atoms with Gasteiger partial charge in [-0.2, -0.15) is 0 Å². The van der Waals surface area contributed by atoms with Crippen molar-refractivity contribution >= 4 is 76.2 Å². The molecule has 0 aliphatic heterocycles. The van der Waals surface area contributed by atoms with Gasteiger partial charge in [-0.3, -0.25) is 4.57 Å². The highest BCUT2D eigenvalue weighted by Crippen LogP contribution is 2.42. The van der Waals surface area contributed by atoms with Gasteiger partial charge in [0.25, 0.3) is 0 Å². The minimum absolute atomic E-state index is 0.624. The first-order valence-corrected chi connectivity index (χ1v) is 23.0. The molecule has 14 rings (SSSR count). The standard InChI is InChI=1S/C62H38N6/c1-4-19-39(20-5-1)52-38-53(40-21-6-2-7-22-40)64-62(63-52)68-55-34-17-15-30-47(55)51-36-56-50(37-57(51)68)46-29-14-16-33-54(46)67(56)43-26-18-25-42(35-43)59-58(41-23-8-3-9-24-41)65-60-48-31-12-10-27-44(48)45-28-11-13-32-49(45)61(60)66-59/h1-38H. The van der Waals surface area contributed by atoms with Crippen LogP contribution in [0.15, 0.2) is 231 Å². The number of benzene rings is 10. The van der Waals surface area contributed by atoms with Crippen molar-refractivity contribution in [1.82, 2.24) is 29.1 Å². The summed E-state index contributed by atoms with van der Waals surface area (Å²) in [7, 11) is 0. The van der Waals surface area contributed by atoms with Crippen molar-refractivity contribution in [2.45, 2.75) is 0 Å². The van der Waals surface area contributed by atoms with Crippen LogP contribution in [0.5, 0.6) is 0 Å². The van der Waals surface area contributed by atoms with Crippen molar-refractivity contribution in [3.63, 3.8) is 0 Å². The molecule has 14 aromatic rings. The van der Waals surface area contributed by atoms with Gasteiger partial charge >= 0.3 is 0 Å². The molecular weight excluding hydrogens is 829 g/mol. The van der Waals surface area contributed by atoms with Crippen molar-refractivity contribution in [2.75, 3.05) is 0 Å². The molecule has 0 bridgehead atoms. The van der Waals surface area contributed by atoms with Crippen molar-refractivity contribution < 1.29 is 0 Å². The van der Waals surface area contributed by atoms with Crippen LogP contribution in [0.3, 0.4) is 0 Å². The topological polar surface area (TPSA) is 61.4 Å². The first-order chi connectivity index (χ1) is 33.7. The molecule has 0 spiro atoms. The second-order valence-corrected chi connectivity index (χ2v) is 17.4. The van der Waals surface area contributed by atoms with Crippen LogP contribution in [-0.2, 0) is 0 Å². The molecule has 0 N–H and O–H groups in total. The fourth-order valence-electron chi connectivity index (χ4n) is 10.4. The van der Waals surface area contributed by atoms with E-state index in [-0.39, 0.29) is 0 Å². The maximum Gasteiger partial charge on any atom is 0.235 e. The molecule has 0 amide bonds. The van der Waals surface area contributed by atoms with Crippen molar-refractivity contribution in [3.05, 3.63) is 231 Å². The van der Waals surface area contributed by atoms with Crippen LogP contribution in [0.4, 0.5) is 0 Å². The molecule has 10 aromatic carbocycles. The Bertz CT molecular complexity index is 4250. The van der Waals surface area contributed by atoms with Crippen LogP contribution in [-0.4, -0.2) is 29.1 Å². The molecule has 4 aromatic heterocycles. The van der Waals surface area contributed by atoms with Gasteiger partial charge in [0.05, 0.1) is 55.9 Å². The highest BCUT2D eigenvalue weighted by atomic mass is 15.2. The van der Waals surface area contributed by atoms with Crippen LogP contribution >= 0.6 is 0 Å². The van der Waals surface area contributed by atoms with E-state index < -0.39 is 0 Å². The number of para-hydroxylation sites is 2. The van der Waals surface area contributed by atoms with E-state index in [0.29, 0.717) is 5.95 Å². The molecule has 0 atom stereocenters. The second-order valence-electron chi connectivity index (χ2n) is 17.4. The van der Waals surface area contributed by atoms with Gasteiger partial charge in [-0.05, 0) is 53.2 Å². The lowest BCUT2D eigenvalue weighted by Crippen LogP contribution is -2.04. The lowest BCUT2D eigenvalue weighted by molar-refractivity contribution is 0.996. The Labute approximate surface area is 390 Å². The number of fused-ring (bicyclic) bond motifs is 12. The van der Waals surface area contributed by atoms with Gasteiger partial charge in [0.2, 0.25) is 5.95 Å². The summed E-state index contributed by atoms with van der Waals surface area (Å²) in [6.07, 6.45) is 0. The summed E-state index contributed by atoms with van der Waals surface area (Å²) in [5.41, 5.74) is 14.6. The third-order valence-electron chi connectivity index (χ3n) is 13.5. The summed E-state index contributed by atoms with van der Waals surface area (Å²) in [6, 6.07) is 81.2. The molecule has 0 fully saturated rings. The van der Waals surface area contributed by atoms with Gasteiger partial charge in [-0.1, -0.05) is 188 Å².